The van der Waals surface area contributed by atoms with Gasteiger partial charge in [0.1, 0.15) is 11.6 Å². The SMILES string of the molecule is C=C(N)C(C)(C)c1c(F)cc(Cc2ccc(SCC)cn2)cc1F. The third kappa shape index (κ3) is 3.96. The van der Waals surface area contributed by atoms with Crippen molar-refractivity contribution in [2.24, 2.45) is 5.73 Å². The summed E-state index contributed by atoms with van der Waals surface area (Å²) in [7, 11) is 0. The number of hydrogen-bond acceptors (Lipinski definition) is 3. The zero-order chi connectivity index (χ0) is 17.9. The Balaban J connectivity index is 2.29. The number of benzene rings is 1. The number of nitrogens with two attached hydrogens (primary N) is 1. The van der Waals surface area contributed by atoms with Crippen LogP contribution in [0.2, 0.25) is 0 Å². The van der Waals surface area contributed by atoms with E-state index in [0.29, 0.717) is 12.0 Å². The highest BCUT2D eigenvalue weighted by atomic mass is 32.2. The van der Waals surface area contributed by atoms with E-state index in [4.69, 9.17) is 5.73 Å². The van der Waals surface area contributed by atoms with E-state index in [1.807, 2.05) is 12.1 Å². The molecular formula is C19H22F2N2S. The van der Waals surface area contributed by atoms with Gasteiger partial charge in [-0.25, -0.2) is 8.78 Å². The molecule has 0 unspecified atom stereocenters. The second-order valence-corrected chi connectivity index (χ2v) is 7.52. The maximum absolute atomic E-state index is 14.5. The fourth-order valence-electron chi connectivity index (χ4n) is 2.46. The van der Waals surface area contributed by atoms with Crippen LogP contribution in [0.15, 0.2) is 47.6 Å². The summed E-state index contributed by atoms with van der Waals surface area (Å²) in [6.45, 7) is 9.01. The Morgan fingerprint density at radius 3 is 2.33 bits per heavy atom. The Morgan fingerprint density at radius 2 is 1.88 bits per heavy atom. The molecule has 0 bridgehead atoms. The molecule has 0 fully saturated rings. The average molecular weight is 348 g/mol. The molecule has 1 aromatic heterocycles. The first-order valence-corrected chi connectivity index (χ1v) is 8.75. The first-order chi connectivity index (χ1) is 11.3. The van der Waals surface area contributed by atoms with Gasteiger partial charge in [0.25, 0.3) is 0 Å². The predicted octanol–water partition coefficient (Wildman–Crippen LogP) is 4.81. The van der Waals surface area contributed by atoms with E-state index in [0.717, 1.165) is 16.3 Å². The van der Waals surface area contributed by atoms with E-state index in [1.165, 1.54) is 12.1 Å². The van der Waals surface area contributed by atoms with Gasteiger partial charge >= 0.3 is 0 Å². The van der Waals surface area contributed by atoms with Crippen LogP contribution in [-0.2, 0) is 11.8 Å². The molecule has 2 aromatic rings. The molecule has 0 aliphatic carbocycles. The van der Waals surface area contributed by atoms with Crippen LogP contribution >= 0.6 is 11.8 Å². The monoisotopic (exact) mass is 348 g/mol. The number of aromatic nitrogens is 1. The fraction of sp³-hybridized carbons (Fsp3) is 0.316. The lowest BCUT2D eigenvalue weighted by molar-refractivity contribution is 0.487. The Labute approximate surface area is 146 Å². The quantitative estimate of drug-likeness (QED) is 0.761. The Kier molecular flexibility index (Phi) is 5.65. The summed E-state index contributed by atoms with van der Waals surface area (Å²) >= 11 is 1.70. The second kappa shape index (κ2) is 7.34. The molecule has 24 heavy (non-hydrogen) atoms. The van der Waals surface area contributed by atoms with Crippen LogP contribution < -0.4 is 5.73 Å². The van der Waals surface area contributed by atoms with Crippen LogP contribution in [0.3, 0.4) is 0 Å². The van der Waals surface area contributed by atoms with E-state index in [1.54, 1.807) is 31.8 Å². The molecule has 2 rings (SSSR count). The molecule has 0 saturated heterocycles. The predicted molar refractivity (Wildman–Crippen MR) is 96.2 cm³/mol. The number of allylic oxidation sites excluding steroid dienone is 1. The highest BCUT2D eigenvalue weighted by Gasteiger charge is 2.30. The van der Waals surface area contributed by atoms with Crippen LogP contribution in [-0.4, -0.2) is 10.7 Å². The molecule has 2 N–H and O–H groups in total. The molecule has 0 aliphatic rings. The van der Waals surface area contributed by atoms with Gasteiger partial charge in [0.2, 0.25) is 0 Å². The lowest BCUT2D eigenvalue weighted by Gasteiger charge is -2.26. The minimum Gasteiger partial charge on any atom is -0.402 e. The van der Waals surface area contributed by atoms with E-state index in [-0.39, 0.29) is 11.3 Å². The Hall–Kier alpha value is -1.88. The van der Waals surface area contributed by atoms with Crippen molar-refractivity contribution in [1.82, 2.24) is 4.98 Å². The smallest absolute Gasteiger partial charge is 0.130 e. The highest BCUT2D eigenvalue weighted by molar-refractivity contribution is 7.99. The van der Waals surface area contributed by atoms with Gasteiger partial charge in [-0.15, -0.1) is 11.8 Å². The maximum atomic E-state index is 14.5. The summed E-state index contributed by atoms with van der Waals surface area (Å²) < 4.78 is 28.9. The van der Waals surface area contributed by atoms with E-state index >= 15 is 0 Å². The number of hydrogen-bond donors (Lipinski definition) is 1. The Bertz CT molecular complexity index is 717. The molecule has 0 radical (unpaired) electrons. The van der Waals surface area contributed by atoms with Crippen LogP contribution in [0, 0.1) is 11.6 Å². The standard InChI is InChI=1S/C19H22F2N2S/c1-5-24-15-7-6-14(23-11-15)8-13-9-16(20)18(17(21)10-13)19(3,4)12(2)22/h6-7,9-11H,2,5,8,22H2,1,3-4H3. The molecular weight excluding hydrogens is 326 g/mol. The lowest BCUT2D eigenvalue weighted by atomic mass is 9.81. The van der Waals surface area contributed by atoms with Crippen LogP contribution in [0.4, 0.5) is 8.78 Å². The largest absolute Gasteiger partial charge is 0.402 e. The van der Waals surface area contributed by atoms with E-state index in [9.17, 15) is 8.78 Å². The van der Waals surface area contributed by atoms with Crippen molar-refractivity contribution >= 4 is 11.8 Å². The van der Waals surface area contributed by atoms with Gasteiger partial charge in [-0.05, 0) is 35.6 Å². The van der Waals surface area contributed by atoms with Gasteiger partial charge in [-0.3, -0.25) is 4.98 Å². The van der Waals surface area contributed by atoms with Gasteiger partial charge in [0.15, 0.2) is 0 Å². The molecule has 2 nitrogen and oxygen atoms in total. The first kappa shape index (κ1) is 18.5. The van der Waals surface area contributed by atoms with Crippen LogP contribution in [0.25, 0.3) is 0 Å². The number of pyridine rings is 1. The van der Waals surface area contributed by atoms with Gasteiger partial charge < -0.3 is 5.73 Å². The number of rotatable bonds is 6. The average Bonchev–Trinajstić information content (AvgIpc) is 2.48. The lowest BCUT2D eigenvalue weighted by Crippen LogP contribution is -2.27. The second-order valence-electron chi connectivity index (χ2n) is 6.18. The summed E-state index contributed by atoms with van der Waals surface area (Å²) in [6.07, 6.45) is 2.15. The third-order valence-electron chi connectivity index (χ3n) is 4.02. The topological polar surface area (TPSA) is 38.9 Å². The fourth-order valence-corrected chi connectivity index (χ4v) is 3.09. The molecule has 1 aromatic carbocycles. The first-order valence-electron chi connectivity index (χ1n) is 7.76. The molecule has 0 amide bonds. The van der Waals surface area contributed by atoms with E-state index in [2.05, 4.69) is 18.5 Å². The van der Waals surface area contributed by atoms with Crippen LogP contribution in [0.1, 0.15) is 37.6 Å². The summed E-state index contributed by atoms with van der Waals surface area (Å²) in [5, 5.41) is 0. The molecule has 128 valence electrons. The third-order valence-corrected chi connectivity index (χ3v) is 4.89. The van der Waals surface area contributed by atoms with Gasteiger partial charge in [-0.2, -0.15) is 0 Å². The van der Waals surface area contributed by atoms with Crippen LogP contribution in [0.5, 0.6) is 0 Å². The molecule has 5 heteroatoms. The molecule has 0 atom stereocenters. The van der Waals surface area contributed by atoms with Gasteiger partial charge in [0, 0.05) is 39.9 Å². The van der Waals surface area contributed by atoms with E-state index < -0.39 is 17.0 Å². The molecule has 0 aliphatic heterocycles. The minimum atomic E-state index is -0.968. The summed E-state index contributed by atoms with van der Waals surface area (Å²) in [4.78, 5) is 5.43. The highest BCUT2D eigenvalue weighted by Crippen LogP contribution is 2.33. The minimum absolute atomic E-state index is 0.0543. The summed E-state index contributed by atoms with van der Waals surface area (Å²) in [5.74, 6) is -0.249. The summed E-state index contributed by atoms with van der Waals surface area (Å²) in [5.41, 5.74) is 6.20. The van der Waals surface area contributed by atoms with Crippen molar-refractivity contribution in [1.29, 1.82) is 0 Å². The number of nitrogens with zero attached hydrogens (tertiary/aromatic N) is 1. The van der Waals surface area contributed by atoms with Crippen molar-refractivity contribution in [2.75, 3.05) is 5.75 Å². The van der Waals surface area contributed by atoms with Crippen molar-refractivity contribution < 1.29 is 8.78 Å². The zero-order valence-electron chi connectivity index (χ0n) is 14.2. The molecule has 1 heterocycles. The Morgan fingerprint density at radius 1 is 1.25 bits per heavy atom. The normalized spacial score (nSPS) is 11.5. The number of thioether (sulfide) groups is 1. The molecule has 0 spiro atoms. The van der Waals surface area contributed by atoms with Crippen molar-refractivity contribution in [3.8, 4) is 0 Å². The van der Waals surface area contributed by atoms with Crippen molar-refractivity contribution in [3.05, 3.63) is 71.2 Å². The van der Waals surface area contributed by atoms with Gasteiger partial charge in [0.05, 0.1) is 0 Å². The summed E-state index contributed by atoms with van der Waals surface area (Å²) in [6, 6.07) is 6.55. The maximum Gasteiger partial charge on any atom is 0.130 e. The van der Waals surface area contributed by atoms with Crippen molar-refractivity contribution in [3.63, 3.8) is 0 Å². The zero-order valence-corrected chi connectivity index (χ0v) is 15.0. The van der Waals surface area contributed by atoms with Crippen molar-refractivity contribution in [2.45, 2.75) is 37.5 Å². The molecule has 0 saturated carbocycles. The van der Waals surface area contributed by atoms with Gasteiger partial charge in [-0.1, -0.05) is 27.4 Å². The number of halogens is 2.